The van der Waals surface area contributed by atoms with E-state index in [1.54, 1.807) is 36.4 Å². The molecule has 1 amide bonds. The molecule has 0 unspecified atom stereocenters. The van der Waals surface area contributed by atoms with Crippen LogP contribution < -0.4 is 25.8 Å². The van der Waals surface area contributed by atoms with Crippen molar-refractivity contribution < 1.29 is 17.9 Å². The van der Waals surface area contributed by atoms with Crippen LogP contribution in [-0.4, -0.2) is 45.1 Å². The minimum absolute atomic E-state index is 0.00432. The lowest BCUT2D eigenvalue weighted by Gasteiger charge is -2.26. The summed E-state index contributed by atoms with van der Waals surface area (Å²) >= 11 is 0. The summed E-state index contributed by atoms with van der Waals surface area (Å²) in [5, 5.41) is 12.7. The number of piperidine rings is 1. The second kappa shape index (κ2) is 10.3. The fraction of sp³-hybridized carbons (Fsp3) is 0.280. The van der Waals surface area contributed by atoms with Crippen LogP contribution in [0.1, 0.15) is 24.0 Å². The van der Waals surface area contributed by atoms with E-state index in [0.717, 1.165) is 36.7 Å². The number of hydrogen-bond acceptors (Lipinski definition) is 6. The first kappa shape index (κ1) is 24.5. The molecule has 10 heteroatoms. The van der Waals surface area contributed by atoms with Crippen LogP contribution >= 0.6 is 0 Å². The second-order valence-electron chi connectivity index (χ2n) is 8.60. The van der Waals surface area contributed by atoms with Gasteiger partial charge in [0, 0.05) is 5.56 Å². The highest BCUT2D eigenvalue weighted by atomic mass is 32.2. The number of amides is 1. The van der Waals surface area contributed by atoms with Gasteiger partial charge in [0.05, 0.1) is 12.2 Å². The molecule has 9 nitrogen and oxygen atoms in total. The Morgan fingerprint density at radius 1 is 1.00 bits per heavy atom. The maximum Gasteiger partial charge on any atom is 0.244 e. The van der Waals surface area contributed by atoms with Gasteiger partial charge in [0.25, 0.3) is 0 Å². The van der Waals surface area contributed by atoms with Crippen molar-refractivity contribution >= 4 is 38.2 Å². The predicted molar refractivity (Wildman–Crippen MR) is 137 cm³/mol. The number of nitrogen functional groups attached to an aromatic ring is 1. The first-order valence-electron chi connectivity index (χ1n) is 11.3. The van der Waals surface area contributed by atoms with Gasteiger partial charge in [0.15, 0.2) is 0 Å². The number of anilines is 1. The Morgan fingerprint density at radius 2 is 1.69 bits per heavy atom. The van der Waals surface area contributed by atoms with Gasteiger partial charge in [-0.15, -0.1) is 0 Å². The van der Waals surface area contributed by atoms with Gasteiger partial charge < -0.3 is 21.5 Å². The molecule has 3 aromatic carbocycles. The van der Waals surface area contributed by atoms with Crippen molar-refractivity contribution in [2.75, 3.05) is 23.1 Å². The van der Waals surface area contributed by atoms with Crippen molar-refractivity contribution in [3.63, 3.8) is 0 Å². The van der Waals surface area contributed by atoms with E-state index in [9.17, 15) is 13.2 Å². The van der Waals surface area contributed by atoms with E-state index in [4.69, 9.17) is 21.6 Å². The van der Waals surface area contributed by atoms with Gasteiger partial charge in [-0.2, -0.15) is 0 Å². The number of benzene rings is 3. The highest BCUT2D eigenvalue weighted by molar-refractivity contribution is 7.93. The minimum Gasteiger partial charge on any atom is -0.490 e. The number of rotatable bonds is 9. The third-order valence-electron chi connectivity index (χ3n) is 5.92. The number of nitrogens with one attached hydrogen (secondary N) is 2. The minimum atomic E-state index is -4.03. The van der Waals surface area contributed by atoms with Crippen LogP contribution in [0.4, 0.5) is 5.69 Å². The van der Waals surface area contributed by atoms with Crippen LogP contribution in [-0.2, 0) is 21.4 Å². The van der Waals surface area contributed by atoms with E-state index in [2.05, 4.69) is 5.32 Å². The molecular formula is C25H29N5O4S. The number of sulfonamides is 1. The van der Waals surface area contributed by atoms with Crippen LogP contribution in [0.15, 0.2) is 60.7 Å². The lowest BCUT2D eigenvalue weighted by atomic mass is 10.0. The number of carbonyl (C=O) groups is 1. The monoisotopic (exact) mass is 495 g/mol. The predicted octanol–water partition coefficient (Wildman–Crippen LogP) is 2.08. The van der Waals surface area contributed by atoms with Crippen LogP contribution in [0.5, 0.6) is 5.75 Å². The van der Waals surface area contributed by atoms with Crippen molar-refractivity contribution in [2.24, 2.45) is 11.5 Å². The fourth-order valence-electron chi connectivity index (χ4n) is 4.13. The number of carbonyl (C=O) groups excluding carboxylic acids is 1. The van der Waals surface area contributed by atoms with Gasteiger partial charge >= 0.3 is 0 Å². The normalized spacial score (nSPS) is 14.5. The van der Waals surface area contributed by atoms with Crippen molar-refractivity contribution in [1.29, 1.82) is 5.41 Å². The smallest absolute Gasteiger partial charge is 0.244 e. The molecule has 4 rings (SSSR count). The molecule has 1 aliphatic rings. The van der Waals surface area contributed by atoms with E-state index in [1.807, 2.05) is 24.3 Å². The van der Waals surface area contributed by atoms with Gasteiger partial charge in [0.1, 0.15) is 23.4 Å². The Bertz CT molecular complexity index is 1340. The summed E-state index contributed by atoms with van der Waals surface area (Å²) in [6, 6.07) is 17.8. The molecule has 184 valence electrons. The number of fused-ring (bicyclic) bond motifs is 1. The third-order valence-corrected chi connectivity index (χ3v) is 7.58. The second-order valence-corrected chi connectivity index (χ2v) is 10.5. The highest BCUT2D eigenvalue weighted by Gasteiger charge is 2.25. The highest BCUT2D eigenvalue weighted by Crippen LogP contribution is 2.27. The van der Waals surface area contributed by atoms with E-state index >= 15 is 0 Å². The summed E-state index contributed by atoms with van der Waals surface area (Å²) in [5.41, 5.74) is 12.5. The molecule has 35 heavy (non-hydrogen) atoms. The third kappa shape index (κ3) is 6.09. The molecule has 1 heterocycles. The number of ether oxygens (including phenoxy) is 1. The first-order chi connectivity index (χ1) is 16.7. The van der Waals surface area contributed by atoms with E-state index in [0.29, 0.717) is 22.6 Å². The average Bonchev–Trinajstić information content (AvgIpc) is 2.82. The van der Waals surface area contributed by atoms with E-state index in [-0.39, 0.29) is 18.5 Å². The topological polar surface area (TPSA) is 152 Å². The molecule has 0 spiro atoms. The summed E-state index contributed by atoms with van der Waals surface area (Å²) in [6.07, 6.45) is 1.94. The maximum absolute atomic E-state index is 13.1. The number of primary amides is 1. The fourth-order valence-corrected chi connectivity index (χ4v) is 5.44. The van der Waals surface area contributed by atoms with Gasteiger partial charge in [0.2, 0.25) is 15.9 Å². The van der Waals surface area contributed by atoms with Gasteiger partial charge in [-0.05, 0) is 78.7 Å². The van der Waals surface area contributed by atoms with Crippen LogP contribution in [0.2, 0.25) is 0 Å². The Balaban J connectivity index is 1.63. The number of nitrogens with two attached hydrogens (primary N) is 2. The van der Waals surface area contributed by atoms with Crippen molar-refractivity contribution in [3.8, 4) is 5.75 Å². The lowest BCUT2D eigenvalue weighted by molar-refractivity contribution is -0.115. The van der Waals surface area contributed by atoms with Crippen molar-refractivity contribution in [2.45, 2.75) is 25.5 Å². The van der Waals surface area contributed by atoms with Crippen LogP contribution in [0.3, 0.4) is 0 Å². The van der Waals surface area contributed by atoms with Crippen molar-refractivity contribution in [3.05, 3.63) is 71.8 Å². The summed E-state index contributed by atoms with van der Waals surface area (Å²) in [5.74, 6) is -1.11. The molecule has 0 radical (unpaired) electrons. The molecule has 6 N–H and O–H groups in total. The summed E-state index contributed by atoms with van der Waals surface area (Å²) in [4.78, 5) is 11.5. The Labute approximate surface area is 204 Å². The van der Waals surface area contributed by atoms with Crippen LogP contribution in [0.25, 0.3) is 10.8 Å². The molecule has 0 aromatic heterocycles. The van der Waals surface area contributed by atoms with Crippen LogP contribution in [0, 0.1) is 5.41 Å². The molecule has 0 bridgehead atoms. The van der Waals surface area contributed by atoms with E-state index < -0.39 is 21.7 Å². The molecule has 1 saturated heterocycles. The zero-order valence-corrected chi connectivity index (χ0v) is 20.1. The Kier molecular flexibility index (Phi) is 7.23. The van der Waals surface area contributed by atoms with Gasteiger partial charge in [-0.25, -0.2) is 8.42 Å². The van der Waals surface area contributed by atoms with Gasteiger partial charge in [-0.3, -0.25) is 14.5 Å². The largest absolute Gasteiger partial charge is 0.490 e. The zero-order valence-electron chi connectivity index (χ0n) is 19.2. The summed E-state index contributed by atoms with van der Waals surface area (Å²) in [7, 11) is -4.03. The summed E-state index contributed by atoms with van der Waals surface area (Å²) < 4.78 is 33.4. The standard InChI is InChI=1S/C25H29N5O4S/c26-24(31)16-35(32,33)30(21-5-7-22(8-6-21)34-23-9-11-29-12-10-23)15-17-1-2-18-3-4-19(25(27)28)14-20(18)13-17/h1-8,13-14,23,29H,9-12,15-16H2,(H2,26,31)(H3,27,28). The zero-order chi connectivity index (χ0) is 25.0. The maximum atomic E-state index is 13.1. The Morgan fingerprint density at radius 3 is 2.34 bits per heavy atom. The summed E-state index contributed by atoms with van der Waals surface area (Å²) in [6.45, 7) is 1.81. The van der Waals surface area contributed by atoms with E-state index in [1.165, 1.54) is 4.31 Å². The molecule has 1 aliphatic heterocycles. The number of nitrogens with zero attached hydrogens (tertiary/aromatic N) is 1. The average molecular weight is 496 g/mol. The molecule has 0 aliphatic carbocycles. The molecule has 3 aromatic rings. The Hall–Kier alpha value is -3.63. The molecule has 0 saturated carbocycles. The molecule has 0 atom stereocenters. The number of amidine groups is 1. The SMILES string of the molecule is N=C(N)c1ccc2ccc(CN(c3ccc(OC4CCNCC4)cc3)S(=O)(=O)CC(N)=O)cc2c1. The quantitative estimate of drug-likeness (QED) is 0.263. The number of hydrogen-bond donors (Lipinski definition) is 4. The van der Waals surface area contributed by atoms with Gasteiger partial charge in [-0.1, -0.05) is 24.3 Å². The lowest BCUT2D eigenvalue weighted by Crippen LogP contribution is -2.37. The first-order valence-corrected chi connectivity index (χ1v) is 13.0. The molecule has 1 fully saturated rings. The van der Waals surface area contributed by atoms with Crippen molar-refractivity contribution in [1.82, 2.24) is 5.32 Å². The molecular weight excluding hydrogens is 466 g/mol.